The molecule has 3 aliphatic rings. The Kier molecular flexibility index (Phi) is 8.68. The summed E-state index contributed by atoms with van der Waals surface area (Å²) in [5.74, 6) is 0.321. The fourth-order valence-corrected chi connectivity index (χ4v) is 6.24. The zero-order valence-corrected chi connectivity index (χ0v) is 21.6. The molecule has 6 nitrogen and oxygen atoms in total. The number of unbranched alkanes of at least 4 members (excludes halogenated alkanes) is 1. The highest BCUT2D eigenvalue weighted by atomic mass is 19.1. The molecule has 0 aromatic heterocycles. The van der Waals surface area contributed by atoms with Crippen LogP contribution in [-0.2, 0) is 9.53 Å². The van der Waals surface area contributed by atoms with Crippen LogP contribution >= 0.6 is 0 Å². The lowest BCUT2D eigenvalue weighted by Crippen LogP contribution is -2.51. The van der Waals surface area contributed by atoms with Crippen molar-refractivity contribution in [2.75, 3.05) is 31.1 Å². The molecule has 3 heterocycles. The van der Waals surface area contributed by atoms with Crippen molar-refractivity contribution in [3.63, 3.8) is 0 Å². The van der Waals surface area contributed by atoms with Gasteiger partial charge in [0.25, 0.3) is 0 Å². The molecule has 1 aromatic carbocycles. The third kappa shape index (κ3) is 6.16. The lowest BCUT2D eigenvalue weighted by Gasteiger charge is -2.43. The van der Waals surface area contributed by atoms with E-state index in [0.717, 1.165) is 76.7 Å². The largest absolute Gasteiger partial charge is 0.449 e. The summed E-state index contributed by atoms with van der Waals surface area (Å²) in [6.45, 7) is 9.46. The van der Waals surface area contributed by atoms with Gasteiger partial charge in [-0.15, -0.1) is 0 Å². The number of ether oxygens (including phenoxy) is 1. The second-order valence-electron chi connectivity index (χ2n) is 11.0. The fourth-order valence-electron chi connectivity index (χ4n) is 6.24. The van der Waals surface area contributed by atoms with E-state index in [1.807, 2.05) is 23.6 Å². The number of carbonyl (C=O) groups excluding carboxylic acids is 2. The number of fused-ring (bicyclic) bond motifs is 2. The van der Waals surface area contributed by atoms with Gasteiger partial charge in [0.15, 0.2) is 0 Å². The van der Waals surface area contributed by atoms with Crippen LogP contribution in [0.25, 0.3) is 0 Å². The van der Waals surface area contributed by atoms with Gasteiger partial charge in [0.2, 0.25) is 5.91 Å². The maximum atomic E-state index is 13.5. The van der Waals surface area contributed by atoms with Gasteiger partial charge < -0.3 is 19.4 Å². The van der Waals surface area contributed by atoms with E-state index >= 15 is 0 Å². The first-order valence-corrected chi connectivity index (χ1v) is 13.6. The van der Waals surface area contributed by atoms with Crippen molar-refractivity contribution < 1.29 is 18.7 Å². The highest BCUT2D eigenvalue weighted by molar-refractivity contribution is 5.95. The summed E-state index contributed by atoms with van der Waals surface area (Å²) in [4.78, 5) is 32.1. The zero-order valence-electron chi connectivity index (χ0n) is 21.6. The van der Waals surface area contributed by atoms with Gasteiger partial charge in [0, 0.05) is 49.4 Å². The van der Waals surface area contributed by atoms with Crippen LogP contribution in [0.2, 0.25) is 0 Å². The van der Waals surface area contributed by atoms with Crippen molar-refractivity contribution in [3.8, 4) is 0 Å². The van der Waals surface area contributed by atoms with Crippen LogP contribution in [0.5, 0.6) is 0 Å². The predicted molar refractivity (Wildman–Crippen MR) is 136 cm³/mol. The van der Waals surface area contributed by atoms with Gasteiger partial charge in [-0.2, -0.15) is 0 Å². The van der Waals surface area contributed by atoms with Crippen LogP contribution in [0.4, 0.5) is 14.9 Å². The molecule has 2 atom stereocenters. The van der Waals surface area contributed by atoms with Crippen LogP contribution in [0.3, 0.4) is 0 Å². The number of piperidine rings is 2. The molecular formula is C28H42FN3O3. The van der Waals surface area contributed by atoms with E-state index in [2.05, 4.69) is 11.8 Å². The van der Waals surface area contributed by atoms with Crippen molar-refractivity contribution in [2.24, 2.45) is 11.8 Å². The van der Waals surface area contributed by atoms with Crippen LogP contribution in [0, 0.1) is 17.7 Å². The van der Waals surface area contributed by atoms with Crippen LogP contribution in [0.15, 0.2) is 24.3 Å². The summed E-state index contributed by atoms with van der Waals surface area (Å²) in [6.07, 6.45) is 8.00. The third-order valence-electron chi connectivity index (χ3n) is 8.04. The van der Waals surface area contributed by atoms with Crippen LogP contribution in [0.1, 0.15) is 72.1 Å². The van der Waals surface area contributed by atoms with Crippen molar-refractivity contribution in [1.29, 1.82) is 0 Å². The molecule has 1 aromatic rings. The van der Waals surface area contributed by atoms with Gasteiger partial charge in [-0.25, -0.2) is 9.18 Å². The molecule has 0 radical (unpaired) electrons. The summed E-state index contributed by atoms with van der Waals surface area (Å²) in [5.41, 5.74) is 0.790. The standard InChI is InChI=1S/C28H42FN3O3/c1-4-5-16-35-28(34)32-25-10-11-26(32)18-21(17-25)19-30-14-12-24(13-15-30)31(27(33)20(2)3)23-8-6-22(29)7-9-23/h6-9,20-21,24-26H,4-5,10-19H2,1-3H3. The first-order valence-electron chi connectivity index (χ1n) is 13.6. The monoisotopic (exact) mass is 487 g/mol. The molecule has 3 fully saturated rings. The van der Waals surface area contributed by atoms with E-state index in [1.54, 1.807) is 12.1 Å². The Morgan fingerprint density at radius 1 is 1.06 bits per heavy atom. The minimum absolute atomic E-state index is 0.102. The quantitative estimate of drug-likeness (QED) is 0.457. The number of carbonyl (C=O) groups is 2. The predicted octanol–water partition coefficient (Wildman–Crippen LogP) is 5.46. The number of hydrogen-bond acceptors (Lipinski definition) is 4. The Morgan fingerprint density at radius 2 is 1.69 bits per heavy atom. The Labute approximate surface area is 209 Å². The minimum atomic E-state index is -0.283. The van der Waals surface area contributed by atoms with E-state index in [1.165, 1.54) is 12.1 Å². The Hall–Kier alpha value is -2.15. The summed E-state index contributed by atoms with van der Waals surface area (Å²) in [5, 5.41) is 0. The normalized spacial score (nSPS) is 25.2. The molecule has 4 rings (SSSR count). The van der Waals surface area contributed by atoms with Gasteiger partial charge >= 0.3 is 6.09 Å². The topological polar surface area (TPSA) is 53.1 Å². The Morgan fingerprint density at radius 3 is 2.26 bits per heavy atom. The molecule has 0 N–H and O–H groups in total. The number of likely N-dealkylation sites (tertiary alicyclic amines) is 1. The summed E-state index contributed by atoms with van der Waals surface area (Å²) in [7, 11) is 0. The molecule has 2 bridgehead atoms. The molecule has 0 saturated carbocycles. The van der Waals surface area contributed by atoms with Gasteiger partial charge in [-0.05, 0) is 75.1 Å². The number of halogens is 1. The molecule has 3 aliphatic heterocycles. The van der Waals surface area contributed by atoms with Crippen LogP contribution in [-0.4, -0.2) is 66.2 Å². The lowest BCUT2D eigenvalue weighted by molar-refractivity contribution is -0.122. The maximum Gasteiger partial charge on any atom is 0.410 e. The van der Waals surface area contributed by atoms with Crippen molar-refractivity contribution in [1.82, 2.24) is 9.80 Å². The van der Waals surface area contributed by atoms with E-state index in [9.17, 15) is 14.0 Å². The number of amides is 2. The lowest BCUT2D eigenvalue weighted by atomic mass is 9.89. The molecular weight excluding hydrogens is 445 g/mol. The zero-order chi connectivity index (χ0) is 24.9. The average Bonchev–Trinajstić information content (AvgIpc) is 3.12. The number of benzene rings is 1. The number of hydrogen-bond donors (Lipinski definition) is 0. The van der Waals surface area contributed by atoms with Gasteiger partial charge in [0.05, 0.1) is 6.61 Å². The molecule has 2 amide bonds. The fraction of sp³-hybridized carbons (Fsp3) is 0.714. The van der Waals surface area contributed by atoms with Crippen molar-refractivity contribution in [3.05, 3.63) is 30.1 Å². The number of rotatable bonds is 8. The van der Waals surface area contributed by atoms with Crippen molar-refractivity contribution in [2.45, 2.75) is 90.3 Å². The SMILES string of the molecule is CCCCOC(=O)N1C2CCC1CC(CN1CCC(N(C(=O)C(C)C)c3ccc(F)cc3)CC1)C2. The smallest absolute Gasteiger partial charge is 0.410 e. The Bertz CT molecular complexity index is 840. The molecule has 7 heteroatoms. The van der Waals surface area contributed by atoms with Gasteiger partial charge in [-0.1, -0.05) is 27.2 Å². The second-order valence-corrected chi connectivity index (χ2v) is 11.0. The van der Waals surface area contributed by atoms with Crippen LogP contribution < -0.4 is 4.90 Å². The van der Waals surface area contributed by atoms with E-state index in [4.69, 9.17) is 4.74 Å². The van der Waals surface area contributed by atoms with E-state index in [-0.39, 0.29) is 29.8 Å². The van der Waals surface area contributed by atoms with E-state index < -0.39 is 0 Å². The molecule has 2 unspecified atom stereocenters. The van der Waals surface area contributed by atoms with Crippen molar-refractivity contribution >= 4 is 17.7 Å². The third-order valence-corrected chi connectivity index (χ3v) is 8.04. The maximum absolute atomic E-state index is 13.5. The molecule has 0 aliphatic carbocycles. The highest BCUT2D eigenvalue weighted by Gasteiger charge is 2.44. The first-order chi connectivity index (χ1) is 16.9. The summed E-state index contributed by atoms with van der Waals surface area (Å²) in [6, 6.07) is 7.10. The average molecular weight is 488 g/mol. The van der Waals surface area contributed by atoms with Gasteiger partial charge in [0.1, 0.15) is 5.82 Å². The van der Waals surface area contributed by atoms with Gasteiger partial charge in [-0.3, -0.25) is 4.79 Å². The molecule has 194 valence electrons. The second kappa shape index (κ2) is 11.7. The first kappa shape index (κ1) is 25.9. The minimum Gasteiger partial charge on any atom is -0.449 e. The molecule has 3 saturated heterocycles. The summed E-state index contributed by atoms with van der Waals surface area (Å²) >= 11 is 0. The highest BCUT2D eigenvalue weighted by Crippen LogP contribution is 2.39. The number of nitrogens with zero attached hydrogens (tertiary/aromatic N) is 3. The Balaban J connectivity index is 1.30. The van der Waals surface area contributed by atoms with E-state index in [0.29, 0.717) is 24.6 Å². The molecule has 35 heavy (non-hydrogen) atoms. The summed E-state index contributed by atoms with van der Waals surface area (Å²) < 4.78 is 19.0. The molecule has 0 spiro atoms. The number of anilines is 1.